The van der Waals surface area contributed by atoms with Crippen LogP contribution in [0.15, 0.2) is 30.3 Å². The van der Waals surface area contributed by atoms with Crippen molar-refractivity contribution in [1.82, 2.24) is 5.32 Å². The van der Waals surface area contributed by atoms with Crippen LogP contribution < -0.4 is 5.32 Å². The van der Waals surface area contributed by atoms with Gasteiger partial charge in [0.2, 0.25) is 6.04 Å². The summed E-state index contributed by atoms with van der Waals surface area (Å²) < 4.78 is 5.30. The van der Waals surface area contributed by atoms with Crippen molar-refractivity contribution in [2.24, 2.45) is 11.8 Å². The van der Waals surface area contributed by atoms with Gasteiger partial charge in [-0.1, -0.05) is 49.6 Å². The first-order valence-electron chi connectivity index (χ1n) is 9.27. The predicted octanol–water partition coefficient (Wildman–Crippen LogP) is 2.86. The van der Waals surface area contributed by atoms with Crippen LogP contribution in [-0.2, 0) is 9.53 Å². The van der Waals surface area contributed by atoms with Crippen molar-refractivity contribution in [2.75, 3.05) is 6.61 Å². The van der Waals surface area contributed by atoms with Crippen LogP contribution in [0.4, 0.5) is 0 Å². The molecule has 25 heavy (non-hydrogen) atoms. The number of rotatable bonds is 3. The Morgan fingerprint density at radius 3 is 2.48 bits per heavy atom. The van der Waals surface area contributed by atoms with Crippen molar-refractivity contribution < 1.29 is 14.5 Å². The van der Waals surface area contributed by atoms with Gasteiger partial charge in [-0.2, -0.15) is 0 Å². The molecule has 1 saturated carbocycles. The molecule has 1 aromatic rings. The summed E-state index contributed by atoms with van der Waals surface area (Å²) in [7, 11) is 0. The molecule has 4 atom stereocenters. The first kappa shape index (κ1) is 16.5. The van der Waals surface area contributed by atoms with E-state index in [2.05, 4.69) is 5.32 Å². The van der Waals surface area contributed by atoms with E-state index in [1.807, 2.05) is 30.3 Å². The van der Waals surface area contributed by atoms with Gasteiger partial charge in [0, 0.05) is 11.3 Å². The van der Waals surface area contributed by atoms with Crippen LogP contribution in [0.5, 0.6) is 0 Å². The van der Waals surface area contributed by atoms with E-state index in [0.717, 1.165) is 31.2 Å². The topological polar surface area (TPSA) is 81.5 Å². The third kappa shape index (κ3) is 2.63. The number of nitrogens with one attached hydrogen (secondary N) is 1. The third-order valence-corrected chi connectivity index (χ3v) is 6.35. The summed E-state index contributed by atoms with van der Waals surface area (Å²) in [5, 5.41) is 15.5. The van der Waals surface area contributed by atoms with Crippen molar-refractivity contribution >= 4 is 5.97 Å². The maximum Gasteiger partial charge on any atom is 0.327 e. The maximum absolute atomic E-state index is 12.7. The van der Waals surface area contributed by atoms with E-state index in [-0.39, 0.29) is 22.7 Å². The standard InChI is InChI=1S/C19H24N2O4/c22-18-19(11-12-25-18)15(13-7-3-1-4-8-13)17(21(23)24)16(20-19)14-9-5-2-6-10-14/h2,5-6,9-10,13,15-17,20H,1,3-4,7-8,11-12H2/t15-,16-,17-,19-/m1/s1. The Morgan fingerprint density at radius 1 is 1.16 bits per heavy atom. The number of hydrogen-bond donors (Lipinski definition) is 1. The predicted molar refractivity (Wildman–Crippen MR) is 91.5 cm³/mol. The molecule has 6 heteroatoms. The van der Waals surface area contributed by atoms with E-state index in [1.54, 1.807) is 0 Å². The number of carbonyl (C=O) groups excluding carboxylic acids is 1. The van der Waals surface area contributed by atoms with Crippen LogP contribution in [0.3, 0.4) is 0 Å². The molecule has 0 unspecified atom stereocenters. The number of hydrogen-bond acceptors (Lipinski definition) is 5. The largest absolute Gasteiger partial charge is 0.464 e. The smallest absolute Gasteiger partial charge is 0.327 e. The molecule has 4 rings (SSSR count). The maximum atomic E-state index is 12.7. The zero-order valence-corrected chi connectivity index (χ0v) is 14.2. The van der Waals surface area contributed by atoms with Gasteiger partial charge in [-0.05, 0) is 24.3 Å². The molecule has 1 N–H and O–H groups in total. The fraction of sp³-hybridized carbons (Fsp3) is 0.632. The van der Waals surface area contributed by atoms with Crippen LogP contribution in [0.2, 0.25) is 0 Å². The molecule has 3 fully saturated rings. The summed E-state index contributed by atoms with van der Waals surface area (Å²) >= 11 is 0. The number of esters is 1. The van der Waals surface area contributed by atoms with Gasteiger partial charge in [0.05, 0.1) is 12.5 Å². The second kappa shape index (κ2) is 6.41. The molecular weight excluding hydrogens is 320 g/mol. The summed E-state index contributed by atoms with van der Waals surface area (Å²) in [5.41, 5.74) is -0.0261. The molecule has 3 aliphatic rings. The molecule has 2 saturated heterocycles. The number of ether oxygens (including phenoxy) is 1. The normalized spacial score (nSPS) is 35.8. The molecule has 0 amide bonds. The molecule has 1 aromatic carbocycles. The summed E-state index contributed by atoms with van der Waals surface area (Å²) in [6.07, 6.45) is 5.82. The van der Waals surface area contributed by atoms with Gasteiger partial charge in [0.1, 0.15) is 11.6 Å². The van der Waals surface area contributed by atoms with Crippen LogP contribution in [0, 0.1) is 22.0 Å². The van der Waals surface area contributed by atoms with E-state index in [9.17, 15) is 14.9 Å². The lowest BCUT2D eigenvalue weighted by atomic mass is 9.68. The van der Waals surface area contributed by atoms with Crippen molar-refractivity contribution in [3.8, 4) is 0 Å². The fourth-order valence-electron chi connectivity index (χ4n) is 5.30. The first-order chi connectivity index (χ1) is 12.1. The second-order valence-electron chi connectivity index (χ2n) is 7.59. The van der Waals surface area contributed by atoms with Crippen LogP contribution >= 0.6 is 0 Å². The average molecular weight is 344 g/mol. The highest BCUT2D eigenvalue weighted by atomic mass is 16.6. The minimum absolute atomic E-state index is 0.162. The Labute approximate surface area is 147 Å². The molecule has 0 aromatic heterocycles. The highest BCUT2D eigenvalue weighted by Crippen LogP contribution is 2.50. The first-order valence-corrected chi connectivity index (χ1v) is 9.27. The van der Waals surface area contributed by atoms with Gasteiger partial charge >= 0.3 is 5.97 Å². The van der Waals surface area contributed by atoms with Gasteiger partial charge in [-0.15, -0.1) is 0 Å². The summed E-state index contributed by atoms with van der Waals surface area (Å²) in [4.78, 5) is 24.6. The van der Waals surface area contributed by atoms with E-state index in [0.29, 0.717) is 13.0 Å². The van der Waals surface area contributed by atoms with E-state index >= 15 is 0 Å². The van der Waals surface area contributed by atoms with Crippen LogP contribution in [0.1, 0.15) is 50.1 Å². The van der Waals surface area contributed by atoms with Gasteiger partial charge in [-0.25, -0.2) is 0 Å². The molecule has 6 nitrogen and oxygen atoms in total. The van der Waals surface area contributed by atoms with Gasteiger partial charge in [-0.3, -0.25) is 20.2 Å². The Bertz CT molecular complexity index is 659. The zero-order chi connectivity index (χ0) is 17.4. The van der Waals surface area contributed by atoms with Crippen LogP contribution in [-0.4, -0.2) is 29.1 Å². The fourth-order valence-corrected chi connectivity index (χ4v) is 5.30. The van der Waals surface area contributed by atoms with E-state index in [4.69, 9.17) is 4.74 Å². The Hall–Kier alpha value is -1.95. The SMILES string of the molecule is O=C1OCC[C@]12N[C@H](c1ccccc1)[C@H]([N+](=O)[O-])[C@H]2C1CCCCC1. The monoisotopic (exact) mass is 344 g/mol. The Morgan fingerprint density at radius 2 is 1.88 bits per heavy atom. The lowest BCUT2D eigenvalue weighted by Gasteiger charge is -2.35. The number of nitrogens with zero attached hydrogens (tertiary/aromatic N) is 1. The Balaban J connectivity index is 1.78. The average Bonchev–Trinajstić information content (AvgIpc) is 3.18. The lowest BCUT2D eigenvalue weighted by molar-refractivity contribution is -0.535. The summed E-state index contributed by atoms with van der Waals surface area (Å²) in [6.45, 7) is 0.348. The quantitative estimate of drug-likeness (QED) is 0.518. The van der Waals surface area contributed by atoms with Crippen LogP contribution in [0.25, 0.3) is 0 Å². The van der Waals surface area contributed by atoms with Crippen molar-refractivity contribution in [2.45, 2.75) is 56.1 Å². The molecule has 2 heterocycles. The van der Waals surface area contributed by atoms with E-state index < -0.39 is 17.6 Å². The molecule has 0 radical (unpaired) electrons. The van der Waals surface area contributed by atoms with E-state index in [1.165, 1.54) is 6.42 Å². The molecule has 1 aliphatic carbocycles. The van der Waals surface area contributed by atoms with Crippen molar-refractivity contribution in [3.63, 3.8) is 0 Å². The lowest BCUT2D eigenvalue weighted by Crippen LogP contribution is -2.53. The number of benzene rings is 1. The zero-order valence-electron chi connectivity index (χ0n) is 14.2. The summed E-state index contributed by atoms with van der Waals surface area (Å²) in [6, 6.07) is 8.25. The molecule has 134 valence electrons. The van der Waals surface area contributed by atoms with Gasteiger partial charge in [0.25, 0.3) is 0 Å². The molecule has 2 aliphatic heterocycles. The Kier molecular flexibility index (Phi) is 4.23. The van der Waals surface area contributed by atoms with Gasteiger partial charge < -0.3 is 4.74 Å². The highest BCUT2D eigenvalue weighted by Gasteiger charge is 2.67. The number of cyclic esters (lactones) is 1. The number of nitro groups is 1. The minimum atomic E-state index is -0.903. The second-order valence-corrected chi connectivity index (χ2v) is 7.59. The van der Waals surface area contributed by atoms with Crippen molar-refractivity contribution in [1.29, 1.82) is 0 Å². The summed E-state index contributed by atoms with van der Waals surface area (Å²) in [5.74, 6) is -0.396. The third-order valence-electron chi connectivity index (χ3n) is 6.35. The number of carbonyl (C=O) groups is 1. The van der Waals surface area contributed by atoms with Crippen molar-refractivity contribution in [3.05, 3.63) is 46.0 Å². The molecule has 1 spiro atoms. The molecular formula is C19H24N2O4. The van der Waals surface area contributed by atoms with Gasteiger partial charge in [0.15, 0.2) is 0 Å². The minimum Gasteiger partial charge on any atom is -0.464 e. The molecule has 0 bridgehead atoms. The highest BCUT2D eigenvalue weighted by molar-refractivity contribution is 5.84.